The fourth-order valence-corrected chi connectivity index (χ4v) is 1.51. The van der Waals surface area contributed by atoms with Crippen LogP contribution in [0.1, 0.15) is 6.42 Å². The molecule has 1 aliphatic rings. The zero-order valence-electron chi connectivity index (χ0n) is 7.59. The average Bonchev–Trinajstić information content (AvgIpc) is 2.40. The predicted octanol–water partition coefficient (Wildman–Crippen LogP) is -0.0834. The molecule has 3 heterocycles. The van der Waals surface area contributed by atoms with E-state index in [9.17, 15) is 0 Å². The van der Waals surface area contributed by atoms with Crippen LogP contribution in [0.5, 0.6) is 0 Å². The first-order chi connectivity index (χ1) is 6.83. The Morgan fingerprint density at radius 2 is 2.21 bits per heavy atom. The Morgan fingerprint density at radius 1 is 1.36 bits per heavy atom. The Hall–Kier alpha value is -1.85. The van der Waals surface area contributed by atoms with Crippen molar-refractivity contribution in [3.05, 3.63) is 12.4 Å². The summed E-state index contributed by atoms with van der Waals surface area (Å²) in [6.45, 7) is 2.14. The van der Waals surface area contributed by atoms with E-state index >= 15 is 0 Å². The van der Waals surface area contributed by atoms with E-state index in [0.29, 0.717) is 5.65 Å². The van der Waals surface area contributed by atoms with Crippen LogP contribution in [0.4, 0.5) is 11.8 Å². The molecule has 1 aliphatic heterocycles. The molecule has 0 saturated carbocycles. The molecule has 0 amide bonds. The smallest absolute Gasteiger partial charge is 0.240 e. The third-order valence-electron chi connectivity index (χ3n) is 2.40. The van der Waals surface area contributed by atoms with Gasteiger partial charge in [-0.3, -0.25) is 0 Å². The van der Waals surface area contributed by atoms with Crippen molar-refractivity contribution >= 4 is 17.4 Å². The Labute approximate surface area is 80.4 Å². The highest BCUT2D eigenvalue weighted by Gasteiger charge is 2.16. The molecule has 0 atom stereocenters. The molecular formula is C8H10N6. The number of nitrogens with zero attached hydrogens (tertiary/aromatic N) is 5. The van der Waals surface area contributed by atoms with Crippen molar-refractivity contribution in [1.29, 1.82) is 0 Å². The highest BCUT2D eigenvalue weighted by molar-refractivity contribution is 5.46. The monoisotopic (exact) mass is 190 g/mol. The van der Waals surface area contributed by atoms with Gasteiger partial charge in [0, 0.05) is 13.1 Å². The second kappa shape index (κ2) is 2.57. The van der Waals surface area contributed by atoms with Gasteiger partial charge in [0.1, 0.15) is 5.82 Å². The first-order valence-corrected chi connectivity index (χ1v) is 4.56. The van der Waals surface area contributed by atoms with Crippen molar-refractivity contribution in [2.24, 2.45) is 0 Å². The third-order valence-corrected chi connectivity index (χ3v) is 2.40. The molecule has 0 aliphatic carbocycles. The Kier molecular flexibility index (Phi) is 1.38. The van der Waals surface area contributed by atoms with E-state index < -0.39 is 0 Å². The van der Waals surface area contributed by atoms with Crippen LogP contribution < -0.4 is 10.6 Å². The van der Waals surface area contributed by atoms with E-state index in [4.69, 9.17) is 5.73 Å². The lowest BCUT2D eigenvalue weighted by Crippen LogP contribution is -2.37. The number of fused-ring (bicyclic) bond motifs is 1. The fourth-order valence-electron chi connectivity index (χ4n) is 1.51. The molecule has 6 nitrogen and oxygen atoms in total. The summed E-state index contributed by atoms with van der Waals surface area (Å²) < 4.78 is 1.66. The summed E-state index contributed by atoms with van der Waals surface area (Å²) in [7, 11) is 0. The predicted molar refractivity (Wildman–Crippen MR) is 52.0 cm³/mol. The van der Waals surface area contributed by atoms with Crippen molar-refractivity contribution in [3.63, 3.8) is 0 Å². The molecule has 1 fully saturated rings. The minimum atomic E-state index is 0.285. The van der Waals surface area contributed by atoms with Gasteiger partial charge < -0.3 is 10.6 Å². The van der Waals surface area contributed by atoms with E-state index in [1.54, 1.807) is 10.7 Å². The molecule has 0 aromatic carbocycles. The molecule has 2 aromatic rings. The van der Waals surface area contributed by atoms with E-state index in [2.05, 4.69) is 20.0 Å². The summed E-state index contributed by atoms with van der Waals surface area (Å²) in [4.78, 5) is 10.5. The Balaban J connectivity index is 2.09. The van der Waals surface area contributed by atoms with Crippen molar-refractivity contribution in [3.8, 4) is 0 Å². The van der Waals surface area contributed by atoms with E-state index in [-0.39, 0.29) is 5.95 Å². The van der Waals surface area contributed by atoms with Crippen LogP contribution >= 0.6 is 0 Å². The lowest BCUT2D eigenvalue weighted by Gasteiger charge is -2.31. The number of anilines is 2. The number of rotatable bonds is 1. The molecular weight excluding hydrogens is 180 g/mol. The topological polar surface area (TPSA) is 72.3 Å². The molecule has 6 heteroatoms. The summed E-state index contributed by atoms with van der Waals surface area (Å²) >= 11 is 0. The van der Waals surface area contributed by atoms with Crippen molar-refractivity contribution in [2.45, 2.75) is 6.42 Å². The number of nitrogens with two attached hydrogens (primary N) is 1. The molecule has 0 unspecified atom stereocenters. The van der Waals surface area contributed by atoms with Crippen LogP contribution in [0.3, 0.4) is 0 Å². The maximum absolute atomic E-state index is 5.48. The van der Waals surface area contributed by atoms with E-state index in [1.807, 2.05) is 6.20 Å². The second-order valence-electron chi connectivity index (χ2n) is 3.36. The molecule has 0 bridgehead atoms. The van der Waals surface area contributed by atoms with Crippen LogP contribution in [-0.2, 0) is 0 Å². The zero-order valence-corrected chi connectivity index (χ0v) is 7.59. The maximum Gasteiger partial charge on any atom is 0.240 e. The van der Waals surface area contributed by atoms with Gasteiger partial charge in [-0.1, -0.05) is 0 Å². The minimum Gasteiger partial charge on any atom is -0.366 e. The number of nitrogen functional groups attached to an aromatic ring is 1. The molecule has 3 rings (SSSR count). The SMILES string of the molecule is Nc1nc2cnc(N3CCC3)cn2n1. The largest absolute Gasteiger partial charge is 0.366 e. The molecule has 72 valence electrons. The summed E-state index contributed by atoms with van der Waals surface area (Å²) in [5, 5.41) is 4.03. The Morgan fingerprint density at radius 3 is 2.93 bits per heavy atom. The Bertz CT molecular complexity index is 472. The first-order valence-electron chi connectivity index (χ1n) is 4.56. The zero-order chi connectivity index (χ0) is 9.54. The third kappa shape index (κ3) is 1.00. The van der Waals surface area contributed by atoms with Crippen LogP contribution in [-0.4, -0.2) is 32.7 Å². The summed E-state index contributed by atoms with van der Waals surface area (Å²) in [5.41, 5.74) is 6.17. The average molecular weight is 190 g/mol. The van der Waals surface area contributed by atoms with Crippen LogP contribution in [0, 0.1) is 0 Å². The van der Waals surface area contributed by atoms with Gasteiger partial charge in [0.2, 0.25) is 5.95 Å². The lowest BCUT2D eigenvalue weighted by molar-refractivity contribution is 0.607. The minimum absolute atomic E-state index is 0.285. The van der Waals surface area contributed by atoms with Gasteiger partial charge in [-0.05, 0) is 6.42 Å². The van der Waals surface area contributed by atoms with Gasteiger partial charge in [0.25, 0.3) is 0 Å². The van der Waals surface area contributed by atoms with E-state index in [1.165, 1.54) is 6.42 Å². The molecule has 2 aromatic heterocycles. The summed E-state index contributed by atoms with van der Waals surface area (Å²) in [5.74, 6) is 1.22. The molecule has 0 radical (unpaired) electrons. The quantitative estimate of drug-likeness (QED) is 0.680. The molecule has 14 heavy (non-hydrogen) atoms. The number of hydrogen-bond acceptors (Lipinski definition) is 5. The van der Waals surface area contributed by atoms with Crippen molar-refractivity contribution < 1.29 is 0 Å². The number of aromatic nitrogens is 4. The molecule has 2 N–H and O–H groups in total. The van der Waals surface area contributed by atoms with Crippen LogP contribution in [0.15, 0.2) is 12.4 Å². The van der Waals surface area contributed by atoms with Gasteiger partial charge in [0.15, 0.2) is 5.65 Å². The highest BCUT2D eigenvalue weighted by Crippen LogP contribution is 2.17. The second-order valence-corrected chi connectivity index (χ2v) is 3.36. The van der Waals surface area contributed by atoms with Gasteiger partial charge >= 0.3 is 0 Å². The molecule has 0 spiro atoms. The molecule has 1 saturated heterocycles. The summed E-state index contributed by atoms with van der Waals surface area (Å²) in [6.07, 6.45) is 4.79. The number of hydrogen-bond donors (Lipinski definition) is 1. The summed E-state index contributed by atoms with van der Waals surface area (Å²) in [6, 6.07) is 0. The fraction of sp³-hybridized carbons (Fsp3) is 0.375. The lowest BCUT2D eigenvalue weighted by atomic mass is 10.2. The van der Waals surface area contributed by atoms with Crippen LogP contribution in [0.2, 0.25) is 0 Å². The maximum atomic E-state index is 5.48. The van der Waals surface area contributed by atoms with Crippen LogP contribution in [0.25, 0.3) is 5.65 Å². The van der Waals surface area contributed by atoms with E-state index in [0.717, 1.165) is 18.9 Å². The first kappa shape index (κ1) is 7.54. The van der Waals surface area contributed by atoms with Crippen molar-refractivity contribution in [2.75, 3.05) is 23.7 Å². The van der Waals surface area contributed by atoms with Gasteiger partial charge in [-0.25, -0.2) is 9.50 Å². The van der Waals surface area contributed by atoms with Gasteiger partial charge in [-0.2, -0.15) is 4.98 Å². The van der Waals surface area contributed by atoms with Crippen molar-refractivity contribution in [1.82, 2.24) is 19.6 Å². The standard InChI is InChI=1S/C8H10N6/c9-8-11-6-4-10-7(5-14(6)12-8)13-2-1-3-13/h4-5H,1-3H2,(H2,9,12). The van der Waals surface area contributed by atoms with Gasteiger partial charge in [-0.15, -0.1) is 5.10 Å². The highest BCUT2D eigenvalue weighted by atomic mass is 15.3. The van der Waals surface area contributed by atoms with Gasteiger partial charge in [0.05, 0.1) is 12.4 Å². The normalized spacial score (nSPS) is 15.9.